The molecule has 1 aliphatic rings. The number of piperazine rings is 1. The summed E-state index contributed by atoms with van der Waals surface area (Å²) in [6.07, 6.45) is 3.87. The third kappa shape index (κ3) is 4.01. The summed E-state index contributed by atoms with van der Waals surface area (Å²) >= 11 is 0. The first-order chi connectivity index (χ1) is 11.5. The van der Waals surface area contributed by atoms with Crippen LogP contribution in [0.25, 0.3) is 0 Å². The lowest BCUT2D eigenvalue weighted by atomic mass is 10.1. The Morgan fingerprint density at radius 3 is 2.67 bits per heavy atom. The van der Waals surface area contributed by atoms with Crippen LogP contribution >= 0.6 is 0 Å². The van der Waals surface area contributed by atoms with Gasteiger partial charge in [0.15, 0.2) is 0 Å². The van der Waals surface area contributed by atoms with Gasteiger partial charge in [0.1, 0.15) is 11.6 Å². The molecule has 0 aliphatic carbocycles. The molecule has 1 aromatic carbocycles. The minimum atomic E-state index is -0.458. The average Bonchev–Trinajstić information content (AvgIpc) is 2.97. The summed E-state index contributed by atoms with van der Waals surface area (Å²) in [4.78, 5) is 9.07. The Kier molecular flexibility index (Phi) is 5.28. The standard InChI is InChI=1S/C18H25FN4O/c1-21-9-10-23(13-17(21)18-20-7-8-22(18)2)12-16(24)11-14-3-5-15(19)6-4-14/h3-8,16-17,24H,9-13H2,1-2H3. The number of aliphatic hydroxyl groups is 1. The molecule has 1 aliphatic heterocycles. The maximum Gasteiger partial charge on any atom is 0.127 e. The number of hydrogen-bond donors (Lipinski definition) is 1. The highest BCUT2D eigenvalue weighted by Gasteiger charge is 2.29. The van der Waals surface area contributed by atoms with E-state index in [1.807, 2.05) is 19.4 Å². The van der Waals surface area contributed by atoms with E-state index in [-0.39, 0.29) is 11.9 Å². The number of likely N-dealkylation sites (N-methyl/N-ethyl adjacent to an activating group) is 1. The van der Waals surface area contributed by atoms with Crippen molar-refractivity contribution >= 4 is 0 Å². The van der Waals surface area contributed by atoms with Gasteiger partial charge in [0.2, 0.25) is 0 Å². The number of aliphatic hydroxyl groups excluding tert-OH is 1. The molecule has 0 bridgehead atoms. The molecule has 5 nitrogen and oxygen atoms in total. The molecular formula is C18H25FN4O. The fourth-order valence-corrected chi connectivity index (χ4v) is 3.33. The van der Waals surface area contributed by atoms with Gasteiger partial charge in [0.25, 0.3) is 0 Å². The molecule has 2 aromatic rings. The first kappa shape index (κ1) is 17.1. The Morgan fingerprint density at radius 2 is 2.00 bits per heavy atom. The third-order valence-corrected chi connectivity index (χ3v) is 4.74. The van der Waals surface area contributed by atoms with Crippen LogP contribution in [0.3, 0.4) is 0 Å². The minimum absolute atomic E-state index is 0.233. The SMILES string of the molecule is CN1CCN(CC(O)Cc2ccc(F)cc2)CC1c1nccn1C. The summed E-state index contributed by atoms with van der Waals surface area (Å²) in [5, 5.41) is 10.4. The van der Waals surface area contributed by atoms with E-state index in [1.165, 1.54) is 12.1 Å². The highest BCUT2D eigenvalue weighted by molar-refractivity contribution is 5.17. The van der Waals surface area contributed by atoms with Crippen molar-refractivity contribution in [2.24, 2.45) is 7.05 Å². The fourth-order valence-electron chi connectivity index (χ4n) is 3.33. The van der Waals surface area contributed by atoms with E-state index < -0.39 is 6.10 Å². The van der Waals surface area contributed by atoms with E-state index in [9.17, 15) is 9.50 Å². The van der Waals surface area contributed by atoms with Gasteiger partial charge in [0.05, 0.1) is 12.1 Å². The van der Waals surface area contributed by atoms with Gasteiger partial charge in [-0.1, -0.05) is 12.1 Å². The quantitative estimate of drug-likeness (QED) is 0.900. The van der Waals surface area contributed by atoms with Crippen LogP contribution in [-0.2, 0) is 13.5 Å². The number of rotatable bonds is 5. The second kappa shape index (κ2) is 7.42. The summed E-state index contributed by atoms with van der Waals surface area (Å²) in [7, 11) is 4.13. The molecule has 0 radical (unpaired) electrons. The monoisotopic (exact) mass is 332 g/mol. The van der Waals surface area contributed by atoms with Crippen LogP contribution in [-0.4, -0.2) is 63.8 Å². The molecule has 0 saturated carbocycles. The van der Waals surface area contributed by atoms with Crippen molar-refractivity contribution in [3.05, 3.63) is 53.9 Å². The summed E-state index contributed by atoms with van der Waals surface area (Å²) in [6, 6.07) is 6.58. The molecule has 130 valence electrons. The number of imidazole rings is 1. The first-order valence-corrected chi connectivity index (χ1v) is 8.35. The number of β-amino-alcohol motifs (C(OH)–C–C–N with tert-alkyl or cyclic N) is 1. The molecule has 2 atom stereocenters. The number of aromatic nitrogens is 2. The molecule has 24 heavy (non-hydrogen) atoms. The van der Waals surface area contributed by atoms with Crippen LogP contribution in [0.15, 0.2) is 36.7 Å². The van der Waals surface area contributed by atoms with Gasteiger partial charge in [-0.3, -0.25) is 9.80 Å². The lowest BCUT2D eigenvalue weighted by Crippen LogP contribution is -2.49. The van der Waals surface area contributed by atoms with Crippen molar-refractivity contribution in [2.45, 2.75) is 18.6 Å². The number of aryl methyl sites for hydroxylation is 1. The van der Waals surface area contributed by atoms with Crippen molar-refractivity contribution in [1.29, 1.82) is 0 Å². The zero-order valence-corrected chi connectivity index (χ0v) is 14.3. The second-order valence-electron chi connectivity index (χ2n) is 6.64. The number of benzene rings is 1. The van der Waals surface area contributed by atoms with E-state index in [0.717, 1.165) is 31.0 Å². The first-order valence-electron chi connectivity index (χ1n) is 8.35. The molecule has 1 saturated heterocycles. The molecule has 1 fully saturated rings. The van der Waals surface area contributed by atoms with Crippen molar-refractivity contribution < 1.29 is 9.50 Å². The van der Waals surface area contributed by atoms with E-state index in [0.29, 0.717) is 13.0 Å². The smallest absolute Gasteiger partial charge is 0.127 e. The molecule has 0 spiro atoms. The molecule has 1 N–H and O–H groups in total. The van der Waals surface area contributed by atoms with Gasteiger partial charge in [-0.15, -0.1) is 0 Å². The number of halogens is 1. The minimum Gasteiger partial charge on any atom is -0.391 e. The van der Waals surface area contributed by atoms with Gasteiger partial charge in [-0.2, -0.15) is 0 Å². The van der Waals surface area contributed by atoms with Crippen LogP contribution in [0.4, 0.5) is 4.39 Å². The van der Waals surface area contributed by atoms with Crippen LogP contribution in [0.1, 0.15) is 17.4 Å². The summed E-state index contributed by atoms with van der Waals surface area (Å²) < 4.78 is 15.0. The molecule has 2 unspecified atom stereocenters. The third-order valence-electron chi connectivity index (χ3n) is 4.74. The van der Waals surface area contributed by atoms with Crippen molar-refractivity contribution in [1.82, 2.24) is 19.4 Å². The van der Waals surface area contributed by atoms with Gasteiger partial charge in [-0.05, 0) is 31.2 Å². The van der Waals surface area contributed by atoms with Crippen LogP contribution in [0.5, 0.6) is 0 Å². The summed E-state index contributed by atoms with van der Waals surface area (Å²) in [5.41, 5.74) is 0.957. The Bertz CT molecular complexity index is 657. The van der Waals surface area contributed by atoms with E-state index in [1.54, 1.807) is 12.1 Å². The predicted molar refractivity (Wildman–Crippen MR) is 91.1 cm³/mol. The number of hydrogen-bond acceptors (Lipinski definition) is 4. The van der Waals surface area contributed by atoms with Crippen molar-refractivity contribution in [3.8, 4) is 0 Å². The topological polar surface area (TPSA) is 44.5 Å². The summed E-state index contributed by atoms with van der Waals surface area (Å²) in [5.74, 6) is 0.806. The largest absolute Gasteiger partial charge is 0.391 e. The lowest BCUT2D eigenvalue weighted by Gasteiger charge is -2.39. The highest BCUT2D eigenvalue weighted by atomic mass is 19.1. The zero-order valence-electron chi connectivity index (χ0n) is 14.3. The van der Waals surface area contributed by atoms with Crippen molar-refractivity contribution in [2.75, 3.05) is 33.2 Å². The lowest BCUT2D eigenvalue weighted by molar-refractivity contribution is 0.0480. The fraction of sp³-hybridized carbons (Fsp3) is 0.500. The molecular weight excluding hydrogens is 307 g/mol. The van der Waals surface area contributed by atoms with Crippen LogP contribution in [0.2, 0.25) is 0 Å². The maximum absolute atomic E-state index is 13.0. The molecule has 2 heterocycles. The van der Waals surface area contributed by atoms with E-state index >= 15 is 0 Å². The second-order valence-corrected chi connectivity index (χ2v) is 6.64. The van der Waals surface area contributed by atoms with E-state index in [2.05, 4.69) is 26.4 Å². The Labute approximate surface area is 142 Å². The van der Waals surface area contributed by atoms with Gasteiger partial charge < -0.3 is 9.67 Å². The van der Waals surface area contributed by atoms with Crippen molar-refractivity contribution in [3.63, 3.8) is 0 Å². The molecule has 1 aromatic heterocycles. The zero-order chi connectivity index (χ0) is 17.1. The average molecular weight is 332 g/mol. The van der Waals surface area contributed by atoms with Crippen LogP contribution < -0.4 is 0 Å². The summed E-state index contributed by atoms with van der Waals surface area (Å²) in [6.45, 7) is 3.34. The van der Waals surface area contributed by atoms with E-state index in [4.69, 9.17) is 0 Å². The Hall–Kier alpha value is -1.76. The normalized spacial score (nSPS) is 21.1. The van der Waals surface area contributed by atoms with Gasteiger partial charge in [0, 0.05) is 45.6 Å². The van der Waals surface area contributed by atoms with Gasteiger partial charge >= 0.3 is 0 Å². The molecule has 3 rings (SSSR count). The van der Waals surface area contributed by atoms with Gasteiger partial charge in [-0.25, -0.2) is 9.37 Å². The molecule has 6 heteroatoms. The molecule has 0 amide bonds. The van der Waals surface area contributed by atoms with Crippen LogP contribution in [0, 0.1) is 5.82 Å². The Morgan fingerprint density at radius 1 is 1.25 bits per heavy atom. The number of nitrogens with zero attached hydrogens (tertiary/aromatic N) is 4. The Balaban J connectivity index is 1.58. The predicted octanol–water partition coefficient (Wildman–Crippen LogP) is 1.45. The maximum atomic E-state index is 13.0. The highest BCUT2D eigenvalue weighted by Crippen LogP contribution is 2.22.